The molecule has 3 nitrogen and oxygen atoms in total. The highest BCUT2D eigenvalue weighted by Crippen LogP contribution is 2.28. The van der Waals surface area contributed by atoms with Crippen molar-refractivity contribution in [3.8, 4) is 5.75 Å². The molecule has 0 amide bonds. The van der Waals surface area contributed by atoms with Crippen molar-refractivity contribution in [1.29, 1.82) is 0 Å². The highest BCUT2D eigenvalue weighted by molar-refractivity contribution is 5.29. The van der Waals surface area contributed by atoms with Gasteiger partial charge in [0.15, 0.2) is 6.61 Å². The third kappa shape index (κ3) is 3.89. The third-order valence-electron chi connectivity index (χ3n) is 2.23. The Bertz CT molecular complexity index is 388. The fourth-order valence-electron chi connectivity index (χ4n) is 1.26. The summed E-state index contributed by atoms with van der Waals surface area (Å²) in [7, 11) is 0. The van der Waals surface area contributed by atoms with E-state index in [4.69, 9.17) is 14.9 Å². The minimum atomic E-state index is -5.15. The van der Waals surface area contributed by atoms with Gasteiger partial charge in [-0.3, -0.25) is 0 Å². The van der Waals surface area contributed by atoms with Gasteiger partial charge in [-0.15, -0.1) is 0 Å². The number of halogens is 3. The summed E-state index contributed by atoms with van der Waals surface area (Å²) in [5.74, 6) is -3.69. The minimum Gasteiger partial charge on any atom is -0.488 e. The summed E-state index contributed by atoms with van der Waals surface area (Å²) < 4.78 is 41.2. The standard InChI is InChI=1S/C12H14F3O3/c1-2-4-9-5-3-6-10(7-9)18-8-11(16,17)12(13,14)15/h2-3,5-7,16-17H,4,8H2,1H3. The van der Waals surface area contributed by atoms with Crippen molar-refractivity contribution in [3.05, 3.63) is 36.2 Å². The molecule has 1 radical (unpaired) electrons. The highest BCUT2D eigenvalue weighted by atomic mass is 19.4. The molecular weight excluding hydrogens is 249 g/mol. The Balaban J connectivity index is 2.66. The van der Waals surface area contributed by atoms with E-state index >= 15 is 0 Å². The first-order valence-corrected chi connectivity index (χ1v) is 5.27. The molecule has 2 N–H and O–H groups in total. The lowest BCUT2D eigenvalue weighted by Crippen LogP contribution is -2.49. The molecule has 6 heteroatoms. The van der Waals surface area contributed by atoms with Crippen LogP contribution in [-0.4, -0.2) is 28.8 Å². The van der Waals surface area contributed by atoms with Crippen LogP contribution in [-0.2, 0) is 6.42 Å². The van der Waals surface area contributed by atoms with E-state index in [-0.39, 0.29) is 5.75 Å². The first-order chi connectivity index (χ1) is 8.26. The van der Waals surface area contributed by atoms with Gasteiger partial charge in [-0.1, -0.05) is 19.1 Å². The normalized spacial score (nSPS) is 12.6. The molecule has 0 unspecified atom stereocenters. The van der Waals surface area contributed by atoms with Crippen LogP contribution in [0.2, 0.25) is 0 Å². The summed E-state index contributed by atoms with van der Waals surface area (Å²) in [4.78, 5) is 0. The van der Waals surface area contributed by atoms with E-state index in [0.29, 0.717) is 6.42 Å². The van der Waals surface area contributed by atoms with Crippen molar-refractivity contribution >= 4 is 0 Å². The molecule has 0 aromatic heterocycles. The molecule has 101 valence electrons. The lowest BCUT2D eigenvalue weighted by molar-refractivity contribution is -0.355. The first kappa shape index (κ1) is 14.8. The molecule has 0 spiro atoms. The maximum atomic E-state index is 12.2. The number of hydrogen-bond acceptors (Lipinski definition) is 3. The third-order valence-corrected chi connectivity index (χ3v) is 2.23. The number of ether oxygens (including phenoxy) is 1. The van der Waals surface area contributed by atoms with Gasteiger partial charge in [0.05, 0.1) is 0 Å². The second-order valence-electron chi connectivity index (χ2n) is 3.86. The molecule has 0 bridgehead atoms. The second-order valence-corrected chi connectivity index (χ2v) is 3.86. The Morgan fingerprint density at radius 3 is 2.50 bits per heavy atom. The maximum Gasteiger partial charge on any atom is 0.446 e. The molecule has 18 heavy (non-hydrogen) atoms. The SMILES string of the molecule is C[CH]Cc1cccc(OCC(O)(O)C(F)(F)F)c1. The van der Waals surface area contributed by atoms with E-state index in [1.54, 1.807) is 18.2 Å². The summed E-state index contributed by atoms with van der Waals surface area (Å²) in [5.41, 5.74) is 0.864. The predicted molar refractivity (Wildman–Crippen MR) is 58.8 cm³/mol. The molecule has 0 aliphatic rings. The number of aliphatic hydroxyl groups is 2. The Morgan fingerprint density at radius 2 is 1.94 bits per heavy atom. The van der Waals surface area contributed by atoms with Gasteiger partial charge in [0.2, 0.25) is 0 Å². The first-order valence-electron chi connectivity index (χ1n) is 5.27. The molecule has 0 fully saturated rings. The Hall–Kier alpha value is -1.27. The van der Waals surface area contributed by atoms with Gasteiger partial charge in [0.1, 0.15) is 5.75 Å². The van der Waals surface area contributed by atoms with Crippen LogP contribution < -0.4 is 4.74 Å². The molecule has 0 heterocycles. The van der Waals surface area contributed by atoms with Crippen molar-refractivity contribution < 1.29 is 28.1 Å². The molecule has 0 saturated heterocycles. The average Bonchev–Trinajstić information content (AvgIpc) is 2.26. The van der Waals surface area contributed by atoms with Crippen LogP contribution >= 0.6 is 0 Å². The van der Waals surface area contributed by atoms with Crippen LogP contribution in [0.3, 0.4) is 0 Å². The largest absolute Gasteiger partial charge is 0.488 e. The molecule has 1 aromatic carbocycles. The number of alkyl halides is 3. The Kier molecular flexibility index (Phi) is 4.59. The lowest BCUT2D eigenvalue weighted by Gasteiger charge is -2.24. The topological polar surface area (TPSA) is 49.7 Å². The van der Waals surface area contributed by atoms with E-state index in [9.17, 15) is 13.2 Å². The van der Waals surface area contributed by atoms with Crippen LogP contribution in [0.15, 0.2) is 24.3 Å². The Labute approximate surface area is 103 Å². The molecule has 0 aliphatic heterocycles. The zero-order chi connectivity index (χ0) is 13.8. The second kappa shape index (κ2) is 5.58. The summed E-state index contributed by atoms with van der Waals surface area (Å²) in [6.07, 6.45) is -2.61. The monoisotopic (exact) mass is 263 g/mol. The van der Waals surface area contributed by atoms with E-state index < -0.39 is 18.6 Å². The van der Waals surface area contributed by atoms with E-state index in [1.165, 1.54) is 6.07 Å². The van der Waals surface area contributed by atoms with E-state index in [2.05, 4.69) is 0 Å². The molecular formula is C12H14F3O3. The fraction of sp³-hybridized carbons (Fsp3) is 0.417. The van der Waals surface area contributed by atoms with Gasteiger partial charge >= 0.3 is 6.18 Å². The smallest absolute Gasteiger partial charge is 0.446 e. The van der Waals surface area contributed by atoms with Crippen molar-refractivity contribution in [3.63, 3.8) is 0 Å². The van der Waals surface area contributed by atoms with Crippen LogP contribution in [0.25, 0.3) is 0 Å². The van der Waals surface area contributed by atoms with E-state index in [1.807, 2.05) is 13.3 Å². The van der Waals surface area contributed by atoms with Crippen molar-refractivity contribution in [2.45, 2.75) is 25.3 Å². The molecule has 1 rings (SSSR count). The van der Waals surface area contributed by atoms with Crippen LogP contribution in [0, 0.1) is 6.42 Å². The van der Waals surface area contributed by atoms with Crippen molar-refractivity contribution in [2.24, 2.45) is 0 Å². The van der Waals surface area contributed by atoms with Gasteiger partial charge < -0.3 is 14.9 Å². The zero-order valence-corrected chi connectivity index (χ0v) is 9.74. The molecule has 0 aliphatic carbocycles. The Morgan fingerprint density at radius 1 is 1.28 bits per heavy atom. The number of hydrogen-bond donors (Lipinski definition) is 2. The zero-order valence-electron chi connectivity index (χ0n) is 9.74. The summed E-state index contributed by atoms with van der Waals surface area (Å²) >= 11 is 0. The van der Waals surface area contributed by atoms with Crippen molar-refractivity contribution in [2.75, 3.05) is 6.61 Å². The van der Waals surface area contributed by atoms with Crippen LogP contribution in [0.1, 0.15) is 12.5 Å². The van der Waals surface area contributed by atoms with Gasteiger partial charge in [-0.25, -0.2) is 0 Å². The molecule has 0 atom stereocenters. The van der Waals surface area contributed by atoms with Crippen LogP contribution in [0.5, 0.6) is 5.75 Å². The number of rotatable bonds is 5. The minimum absolute atomic E-state index is 0.158. The fourth-order valence-corrected chi connectivity index (χ4v) is 1.26. The highest BCUT2D eigenvalue weighted by Gasteiger charge is 2.53. The number of benzene rings is 1. The van der Waals surface area contributed by atoms with Crippen molar-refractivity contribution in [1.82, 2.24) is 0 Å². The quantitative estimate of drug-likeness (QED) is 0.800. The lowest BCUT2D eigenvalue weighted by atomic mass is 10.1. The van der Waals surface area contributed by atoms with Crippen LogP contribution in [0.4, 0.5) is 13.2 Å². The van der Waals surface area contributed by atoms with Gasteiger partial charge in [-0.2, -0.15) is 13.2 Å². The predicted octanol–water partition coefficient (Wildman–Crippen LogP) is 2.08. The van der Waals surface area contributed by atoms with Gasteiger partial charge in [-0.05, 0) is 30.5 Å². The van der Waals surface area contributed by atoms with E-state index in [0.717, 1.165) is 5.56 Å². The summed E-state index contributed by atoms with van der Waals surface area (Å²) in [6, 6.07) is 6.41. The van der Waals surface area contributed by atoms with Gasteiger partial charge in [0.25, 0.3) is 5.79 Å². The summed E-state index contributed by atoms with van der Waals surface area (Å²) in [5, 5.41) is 17.6. The summed E-state index contributed by atoms with van der Waals surface area (Å²) in [6.45, 7) is 0.583. The molecule has 1 aromatic rings. The molecule has 0 saturated carbocycles. The maximum absolute atomic E-state index is 12.2. The average molecular weight is 263 g/mol. The van der Waals surface area contributed by atoms with Gasteiger partial charge in [0, 0.05) is 0 Å².